The maximum Gasteiger partial charge on any atom is 0.122 e. The Hall–Kier alpha value is -1.97. The second kappa shape index (κ2) is 7.07. The number of benzene rings is 2. The highest BCUT2D eigenvalue weighted by molar-refractivity contribution is 6.30. The zero-order valence-corrected chi connectivity index (χ0v) is 13.9. The van der Waals surface area contributed by atoms with Crippen molar-refractivity contribution in [3.05, 3.63) is 64.8 Å². The van der Waals surface area contributed by atoms with Gasteiger partial charge < -0.3 is 15.5 Å². The molecule has 1 aromatic heterocycles. The molecule has 0 aliphatic carbocycles. The standard InChI is InChI=1S/C19H21ClN2O/c1-2-23-19-8-7-15(20)10-17(19)13(11-21)9-14-12-22-18-6-4-3-5-16(14)18/h3-8,10,12-13,22H,2,9,11,21H2,1H3. The number of H-pyrrole nitrogens is 1. The van der Waals surface area contributed by atoms with Crippen LogP contribution in [0.5, 0.6) is 5.75 Å². The Labute approximate surface area is 141 Å². The Morgan fingerprint density at radius 2 is 2.04 bits per heavy atom. The van der Waals surface area contributed by atoms with E-state index >= 15 is 0 Å². The Balaban J connectivity index is 1.95. The van der Waals surface area contributed by atoms with Gasteiger partial charge in [0.1, 0.15) is 5.75 Å². The van der Waals surface area contributed by atoms with Crippen LogP contribution in [0.1, 0.15) is 24.0 Å². The maximum atomic E-state index is 6.19. The lowest BCUT2D eigenvalue weighted by Gasteiger charge is -2.19. The van der Waals surface area contributed by atoms with Gasteiger partial charge >= 0.3 is 0 Å². The minimum absolute atomic E-state index is 0.162. The zero-order chi connectivity index (χ0) is 16.2. The van der Waals surface area contributed by atoms with Gasteiger partial charge in [0.05, 0.1) is 6.61 Å². The van der Waals surface area contributed by atoms with E-state index in [1.54, 1.807) is 0 Å². The highest BCUT2D eigenvalue weighted by Crippen LogP contribution is 2.33. The second-order valence-electron chi connectivity index (χ2n) is 5.61. The first-order valence-corrected chi connectivity index (χ1v) is 8.28. The molecule has 0 radical (unpaired) electrons. The van der Waals surface area contributed by atoms with Crippen molar-refractivity contribution in [2.75, 3.05) is 13.2 Å². The van der Waals surface area contributed by atoms with Crippen LogP contribution in [-0.4, -0.2) is 18.1 Å². The summed E-state index contributed by atoms with van der Waals surface area (Å²) in [5.74, 6) is 1.03. The highest BCUT2D eigenvalue weighted by atomic mass is 35.5. The normalized spacial score (nSPS) is 12.5. The van der Waals surface area contributed by atoms with E-state index in [0.29, 0.717) is 18.2 Å². The minimum Gasteiger partial charge on any atom is -0.494 e. The Morgan fingerprint density at radius 3 is 2.83 bits per heavy atom. The largest absolute Gasteiger partial charge is 0.494 e. The van der Waals surface area contributed by atoms with E-state index in [9.17, 15) is 0 Å². The van der Waals surface area contributed by atoms with Gasteiger partial charge in [-0.15, -0.1) is 0 Å². The topological polar surface area (TPSA) is 51.0 Å². The molecule has 3 rings (SSSR count). The second-order valence-corrected chi connectivity index (χ2v) is 6.05. The van der Waals surface area contributed by atoms with Crippen molar-refractivity contribution in [3.8, 4) is 5.75 Å². The van der Waals surface area contributed by atoms with Crippen molar-refractivity contribution in [2.45, 2.75) is 19.3 Å². The molecule has 120 valence electrons. The molecular weight excluding hydrogens is 308 g/mol. The molecule has 0 amide bonds. The van der Waals surface area contributed by atoms with Gasteiger partial charge in [0.15, 0.2) is 0 Å². The predicted octanol–water partition coefficient (Wildman–Crippen LogP) is 4.51. The monoisotopic (exact) mass is 328 g/mol. The van der Waals surface area contributed by atoms with Crippen LogP contribution >= 0.6 is 11.6 Å². The van der Waals surface area contributed by atoms with Crippen LogP contribution in [0.4, 0.5) is 0 Å². The van der Waals surface area contributed by atoms with Crippen LogP contribution in [0.3, 0.4) is 0 Å². The van der Waals surface area contributed by atoms with Crippen LogP contribution in [0.25, 0.3) is 10.9 Å². The summed E-state index contributed by atoms with van der Waals surface area (Å²) in [6, 6.07) is 14.1. The smallest absolute Gasteiger partial charge is 0.122 e. The minimum atomic E-state index is 0.162. The van der Waals surface area contributed by atoms with E-state index in [-0.39, 0.29) is 5.92 Å². The van der Waals surface area contributed by atoms with Crippen LogP contribution in [0.15, 0.2) is 48.7 Å². The van der Waals surface area contributed by atoms with Crippen molar-refractivity contribution in [1.29, 1.82) is 0 Å². The molecule has 0 saturated carbocycles. The summed E-state index contributed by atoms with van der Waals surface area (Å²) in [4.78, 5) is 3.32. The molecule has 4 heteroatoms. The molecule has 3 N–H and O–H groups in total. The Bertz CT molecular complexity index is 797. The Kier molecular flexibility index (Phi) is 4.89. The third-order valence-electron chi connectivity index (χ3n) is 4.14. The van der Waals surface area contributed by atoms with Crippen LogP contribution < -0.4 is 10.5 Å². The summed E-state index contributed by atoms with van der Waals surface area (Å²) < 4.78 is 5.76. The Morgan fingerprint density at radius 1 is 1.22 bits per heavy atom. The molecule has 0 spiro atoms. The number of halogens is 1. The fourth-order valence-electron chi connectivity index (χ4n) is 3.01. The van der Waals surface area contributed by atoms with Crippen molar-refractivity contribution in [2.24, 2.45) is 5.73 Å². The average molecular weight is 329 g/mol. The summed E-state index contributed by atoms with van der Waals surface area (Å²) >= 11 is 6.19. The zero-order valence-electron chi connectivity index (χ0n) is 13.2. The number of hydrogen-bond donors (Lipinski definition) is 2. The molecule has 23 heavy (non-hydrogen) atoms. The molecule has 0 aliphatic rings. The van der Waals surface area contributed by atoms with E-state index in [1.165, 1.54) is 10.9 Å². The lowest BCUT2D eigenvalue weighted by molar-refractivity contribution is 0.334. The van der Waals surface area contributed by atoms with Crippen molar-refractivity contribution in [3.63, 3.8) is 0 Å². The van der Waals surface area contributed by atoms with Crippen molar-refractivity contribution in [1.82, 2.24) is 4.98 Å². The van der Waals surface area contributed by atoms with Gasteiger partial charge in [-0.3, -0.25) is 0 Å². The van der Waals surface area contributed by atoms with Gasteiger partial charge in [0.2, 0.25) is 0 Å². The van der Waals surface area contributed by atoms with Gasteiger partial charge in [-0.25, -0.2) is 0 Å². The fourth-order valence-corrected chi connectivity index (χ4v) is 3.19. The number of nitrogens with one attached hydrogen (secondary N) is 1. The molecule has 0 bridgehead atoms. The van der Waals surface area contributed by atoms with E-state index < -0.39 is 0 Å². The van der Waals surface area contributed by atoms with E-state index in [2.05, 4.69) is 29.4 Å². The molecule has 0 aliphatic heterocycles. The van der Waals surface area contributed by atoms with Gasteiger partial charge in [-0.05, 0) is 49.7 Å². The molecule has 0 fully saturated rings. The van der Waals surface area contributed by atoms with Gasteiger partial charge in [0, 0.05) is 33.6 Å². The van der Waals surface area contributed by atoms with Crippen LogP contribution in [-0.2, 0) is 6.42 Å². The quantitative estimate of drug-likeness (QED) is 0.699. The van der Waals surface area contributed by atoms with Gasteiger partial charge in [0.25, 0.3) is 0 Å². The lowest BCUT2D eigenvalue weighted by Crippen LogP contribution is -2.16. The first-order valence-electron chi connectivity index (χ1n) is 7.90. The number of rotatable bonds is 6. The number of aromatic amines is 1. The van der Waals surface area contributed by atoms with Crippen molar-refractivity contribution >= 4 is 22.5 Å². The van der Waals surface area contributed by atoms with Crippen LogP contribution in [0, 0.1) is 0 Å². The highest BCUT2D eigenvalue weighted by Gasteiger charge is 2.18. The van der Waals surface area contributed by atoms with E-state index in [1.807, 2.05) is 31.2 Å². The summed E-state index contributed by atoms with van der Waals surface area (Å²) in [5.41, 5.74) is 9.56. The SMILES string of the molecule is CCOc1ccc(Cl)cc1C(CN)Cc1c[nH]c2ccccc12. The summed E-state index contributed by atoms with van der Waals surface area (Å²) in [6.45, 7) is 3.15. The molecule has 3 nitrogen and oxygen atoms in total. The average Bonchev–Trinajstić information content (AvgIpc) is 2.98. The van der Waals surface area contributed by atoms with Gasteiger partial charge in [-0.2, -0.15) is 0 Å². The molecular formula is C19H21ClN2O. The predicted molar refractivity (Wildman–Crippen MR) is 96.4 cm³/mol. The fraction of sp³-hybridized carbons (Fsp3) is 0.263. The van der Waals surface area contributed by atoms with E-state index in [0.717, 1.165) is 23.3 Å². The molecule has 0 saturated heterocycles. The molecule has 1 atom stereocenters. The summed E-state index contributed by atoms with van der Waals surface area (Å²) in [7, 11) is 0. The van der Waals surface area contributed by atoms with Gasteiger partial charge in [-0.1, -0.05) is 29.8 Å². The number of para-hydroxylation sites is 1. The number of aromatic nitrogens is 1. The third-order valence-corrected chi connectivity index (χ3v) is 4.37. The molecule has 3 aromatic rings. The molecule has 1 heterocycles. The van der Waals surface area contributed by atoms with Crippen LogP contribution in [0.2, 0.25) is 5.02 Å². The summed E-state index contributed by atoms with van der Waals surface area (Å²) in [6.07, 6.45) is 2.92. The number of nitrogens with two attached hydrogens (primary N) is 1. The first-order chi connectivity index (χ1) is 11.2. The number of fused-ring (bicyclic) bond motifs is 1. The number of ether oxygens (including phenoxy) is 1. The third kappa shape index (κ3) is 3.36. The number of hydrogen-bond acceptors (Lipinski definition) is 2. The lowest BCUT2D eigenvalue weighted by atomic mass is 9.91. The van der Waals surface area contributed by atoms with Crippen molar-refractivity contribution < 1.29 is 4.74 Å². The molecule has 2 aromatic carbocycles. The summed E-state index contributed by atoms with van der Waals surface area (Å²) in [5, 5.41) is 1.95. The maximum absolute atomic E-state index is 6.19. The first kappa shape index (κ1) is 15.9. The van der Waals surface area contributed by atoms with E-state index in [4.69, 9.17) is 22.1 Å². The molecule has 1 unspecified atom stereocenters.